The van der Waals surface area contributed by atoms with Gasteiger partial charge in [-0.05, 0) is 25.3 Å². The Balaban J connectivity index is 2.25. The minimum atomic E-state index is 0.00577. The third-order valence-corrected chi connectivity index (χ3v) is 4.07. The molecule has 0 spiro atoms. The number of hydrogen-bond donors (Lipinski definition) is 0. The monoisotopic (exact) mass is 345 g/mol. The summed E-state index contributed by atoms with van der Waals surface area (Å²) in [5.41, 5.74) is 1.63. The second-order valence-corrected chi connectivity index (χ2v) is 5.96. The fourth-order valence-electron chi connectivity index (χ4n) is 2.35. The number of carbonyl (C=O) groups is 1. The van der Waals surface area contributed by atoms with Gasteiger partial charge in [0.2, 0.25) is 0 Å². The van der Waals surface area contributed by atoms with Crippen LogP contribution in [-0.4, -0.2) is 49.4 Å². The summed E-state index contributed by atoms with van der Waals surface area (Å²) >= 11 is 11.4. The molecule has 2 rings (SSSR count). The lowest BCUT2D eigenvalue weighted by atomic mass is 9.98. The first kappa shape index (κ1) is 17.2. The van der Waals surface area contributed by atoms with Crippen LogP contribution in [0.5, 0.6) is 11.5 Å². The van der Waals surface area contributed by atoms with Gasteiger partial charge >= 0.3 is 0 Å². The van der Waals surface area contributed by atoms with Gasteiger partial charge < -0.3 is 14.4 Å². The van der Waals surface area contributed by atoms with Gasteiger partial charge in [-0.15, -0.1) is 23.2 Å². The maximum atomic E-state index is 12.4. The highest BCUT2D eigenvalue weighted by atomic mass is 35.5. The van der Waals surface area contributed by atoms with Gasteiger partial charge in [0.05, 0.1) is 18.8 Å². The summed E-state index contributed by atoms with van der Waals surface area (Å²) in [5.74, 6) is 2.48. The normalized spacial score (nSPS) is 14.0. The molecule has 1 aromatic rings. The van der Waals surface area contributed by atoms with Gasteiger partial charge in [-0.3, -0.25) is 4.79 Å². The van der Waals surface area contributed by atoms with Crippen LogP contribution < -0.4 is 9.47 Å². The van der Waals surface area contributed by atoms with Crippen LogP contribution in [0.2, 0.25) is 0 Å². The van der Waals surface area contributed by atoms with Crippen molar-refractivity contribution in [2.24, 2.45) is 0 Å². The van der Waals surface area contributed by atoms with E-state index in [9.17, 15) is 4.79 Å². The second-order valence-electron chi connectivity index (χ2n) is 5.21. The molecule has 1 aromatic carbocycles. The summed E-state index contributed by atoms with van der Waals surface area (Å²) in [4.78, 5) is 14.1. The van der Waals surface area contributed by atoms with E-state index in [1.807, 2.05) is 6.07 Å². The molecule has 0 radical (unpaired) electrons. The van der Waals surface area contributed by atoms with Gasteiger partial charge in [0, 0.05) is 37.0 Å². The predicted molar refractivity (Wildman–Crippen MR) is 88.8 cm³/mol. The standard InChI is InChI=1S/C16H21Cl2NO3/c1-19-7-4-13-14(16(19)20)10-12(21-8-2-5-17)11-15(13)22-9-3-6-18/h10-11H,2-9H2,1H3. The molecule has 22 heavy (non-hydrogen) atoms. The molecule has 1 heterocycles. The van der Waals surface area contributed by atoms with Crippen molar-refractivity contribution in [3.05, 3.63) is 23.3 Å². The van der Waals surface area contributed by atoms with Crippen LogP contribution in [0.25, 0.3) is 0 Å². The topological polar surface area (TPSA) is 38.8 Å². The molecule has 1 aliphatic heterocycles. The van der Waals surface area contributed by atoms with E-state index < -0.39 is 0 Å². The van der Waals surface area contributed by atoms with E-state index in [-0.39, 0.29) is 5.91 Å². The number of benzene rings is 1. The lowest BCUT2D eigenvalue weighted by Gasteiger charge is -2.27. The van der Waals surface area contributed by atoms with Crippen LogP contribution in [0, 0.1) is 0 Å². The molecule has 1 aliphatic rings. The first-order valence-corrected chi connectivity index (χ1v) is 8.54. The maximum Gasteiger partial charge on any atom is 0.254 e. The number of fused-ring (bicyclic) bond motifs is 1. The van der Waals surface area contributed by atoms with Crippen LogP contribution in [0.15, 0.2) is 12.1 Å². The number of ether oxygens (including phenoxy) is 2. The highest BCUT2D eigenvalue weighted by Gasteiger charge is 2.25. The second kappa shape index (κ2) is 8.49. The fraction of sp³-hybridized carbons (Fsp3) is 0.562. The van der Waals surface area contributed by atoms with Gasteiger partial charge in [0.1, 0.15) is 11.5 Å². The van der Waals surface area contributed by atoms with Crippen LogP contribution in [0.3, 0.4) is 0 Å². The quantitative estimate of drug-likeness (QED) is 0.535. The smallest absolute Gasteiger partial charge is 0.254 e. The number of nitrogens with zero attached hydrogens (tertiary/aromatic N) is 1. The van der Waals surface area contributed by atoms with Gasteiger partial charge in [-0.2, -0.15) is 0 Å². The van der Waals surface area contributed by atoms with E-state index in [1.54, 1.807) is 18.0 Å². The van der Waals surface area contributed by atoms with Gasteiger partial charge in [-0.25, -0.2) is 0 Å². The van der Waals surface area contributed by atoms with Crippen LogP contribution in [0.1, 0.15) is 28.8 Å². The van der Waals surface area contributed by atoms with Crippen molar-refractivity contribution in [2.45, 2.75) is 19.3 Å². The van der Waals surface area contributed by atoms with E-state index in [2.05, 4.69) is 0 Å². The van der Waals surface area contributed by atoms with E-state index in [4.69, 9.17) is 32.7 Å². The lowest BCUT2D eigenvalue weighted by Crippen LogP contribution is -2.34. The first-order valence-electron chi connectivity index (χ1n) is 7.47. The number of carbonyl (C=O) groups excluding carboxylic acids is 1. The average molecular weight is 346 g/mol. The number of rotatable bonds is 8. The molecular weight excluding hydrogens is 325 g/mol. The summed E-state index contributed by atoms with van der Waals surface area (Å²) in [6.45, 7) is 1.75. The maximum absolute atomic E-state index is 12.4. The molecule has 0 fully saturated rings. The molecular formula is C16H21Cl2NO3. The van der Waals surface area contributed by atoms with Gasteiger partial charge in [0.25, 0.3) is 5.91 Å². The third kappa shape index (κ3) is 4.20. The van der Waals surface area contributed by atoms with Crippen molar-refractivity contribution in [2.75, 3.05) is 38.6 Å². The van der Waals surface area contributed by atoms with Crippen LogP contribution >= 0.6 is 23.2 Å². The minimum Gasteiger partial charge on any atom is -0.493 e. The molecule has 0 N–H and O–H groups in total. The lowest BCUT2D eigenvalue weighted by molar-refractivity contribution is 0.0778. The van der Waals surface area contributed by atoms with Crippen LogP contribution in [-0.2, 0) is 6.42 Å². The first-order chi connectivity index (χ1) is 10.7. The Bertz CT molecular complexity index is 522. The highest BCUT2D eigenvalue weighted by Crippen LogP contribution is 2.33. The fourth-order valence-corrected chi connectivity index (χ4v) is 2.57. The highest BCUT2D eigenvalue weighted by molar-refractivity contribution is 6.18. The molecule has 0 saturated carbocycles. The molecule has 0 unspecified atom stereocenters. The molecule has 6 heteroatoms. The van der Waals surface area contributed by atoms with Crippen molar-refractivity contribution in [1.82, 2.24) is 4.90 Å². The predicted octanol–water partition coefficient (Wildman–Crippen LogP) is 3.33. The van der Waals surface area contributed by atoms with Crippen molar-refractivity contribution < 1.29 is 14.3 Å². The number of amides is 1. The van der Waals surface area contributed by atoms with Crippen molar-refractivity contribution in [3.8, 4) is 11.5 Å². The van der Waals surface area contributed by atoms with Gasteiger partial charge in [0.15, 0.2) is 0 Å². The zero-order valence-electron chi connectivity index (χ0n) is 12.7. The summed E-state index contributed by atoms with van der Waals surface area (Å²) in [6, 6.07) is 3.66. The van der Waals surface area contributed by atoms with Crippen molar-refractivity contribution >= 4 is 29.1 Å². The Labute approximate surface area is 141 Å². The van der Waals surface area contributed by atoms with Crippen molar-refractivity contribution in [3.63, 3.8) is 0 Å². The minimum absolute atomic E-state index is 0.00577. The number of halogens is 2. The molecule has 1 amide bonds. The number of hydrogen-bond acceptors (Lipinski definition) is 3. The molecule has 0 bridgehead atoms. The Hall–Kier alpha value is -1.13. The van der Waals surface area contributed by atoms with E-state index >= 15 is 0 Å². The van der Waals surface area contributed by atoms with Crippen LogP contribution in [0.4, 0.5) is 0 Å². The Morgan fingerprint density at radius 3 is 2.50 bits per heavy atom. The van der Waals surface area contributed by atoms with Gasteiger partial charge in [-0.1, -0.05) is 0 Å². The Morgan fingerprint density at radius 1 is 1.14 bits per heavy atom. The van der Waals surface area contributed by atoms with E-state index in [0.717, 1.165) is 30.6 Å². The van der Waals surface area contributed by atoms with E-state index in [0.29, 0.717) is 42.8 Å². The summed E-state index contributed by atoms with van der Waals surface area (Å²) in [6.07, 6.45) is 2.31. The molecule has 0 atom stereocenters. The molecule has 122 valence electrons. The third-order valence-electron chi connectivity index (χ3n) is 3.54. The molecule has 0 aromatic heterocycles. The average Bonchev–Trinajstić information content (AvgIpc) is 2.52. The molecule has 4 nitrogen and oxygen atoms in total. The molecule has 0 saturated heterocycles. The van der Waals surface area contributed by atoms with E-state index in [1.165, 1.54) is 0 Å². The number of alkyl halides is 2. The summed E-state index contributed by atoms with van der Waals surface area (Å²) in [7, 11) is 1.81. The summed E-state index contributed by atoms with van der Waals surface area (Å²) < 4.78 is 11.5. The zero-order chi connectivity index (χ0) is 15.9. The number of likely N-dealkylation sites (N-methyl/N-ethyl adjacent to an activating group) is 1. The zero-order valence-corrected chi connectivity index (χ0v) is 14.3. The van der Waals surface area contributed by atoms with Crippen molar-refractivity contribution in [1.29, 1.82) is 0 Å². The Kier molecular flexibility index (Phi) is 6.65. The summed E-state index contributed by atoms with van der Waals surface area (Å²) in [5, 5.41) is 0. The largest absolute Gasteiger partial charge is 0.493 e. The SMILES string of the molecule is CN1CCc2c(OCCCCl)cc(OCCCCl)cc2C1=O. The molecule has 0 aliphatic carbocycles. The Morgan fingerprint density at radius 2 is 1.82 bits per heavy atom.